The zero-order valence-electron chi connectivity index (χ0n) is 14.6. The molecule has 4 nitrogen and oxygen atoms in total. The molecule has 0 amide bonds. The highest BCUT2D eigenvalue weighted by Gasteiger charge is 2.23. The van der Waals surface area contributed by atoms with Gasteiger partial charge in [-0.05, 0) is 29.2 Å². The van der Waals surface area contributed by atoms with Crippen LogP contribution in [0, 0.1) is 0 Å². The molecule has 0 bridgehead atoms. The highest BCUT2D eigenvalue weighted by molar-refractivity contribution is 7.57. The molecule has 0 saturated heterocycles. The second kappa shape index (κ2) is 9.89. The molecule has 2 aromatic carbocycles. The van der Waals surface area contributed by atoms with Crippen molar-refractivity contribution in [2.45, 2.75) is 25.1 Å². The van der Waals surface area contributed by atoms with Gasteiger partial charge in [-0.1, -0.05) is 66.5 Å². The van der Waals surface area contributed by atoms with Crippen LogP contribution in [0.4, 0.5) is 0 Å². The van der Waals surface area contributed by atoms with Crippen molar-refractivity contribution in [2.75, 3.05) is 19.3 Å². The molecule has 0 spiro atoms. The predicted octanol–water partition coefficient (Wildman–Crippen LogP) is 4.52. The molecule has 0 radical (unpaired) electrons. The fourth-order valence-corrected chi connectivity index (χ4v) is 4.74. The minimum absolute atomic E-state index is 0.0740. The third-order valence-corrected chi connectivity index (χ3v) is 6.70. The summed E-state index contributed by atoms with van der Waals surface area (Å²) >= 11 is 12.0. The Hall–Kier alpha value is -0.870. The molecule has 0 aromatic heterocycles. The number of rotatable bonds is 9. The summed E-state index contributed by atoms with van der Waals surface area (Å²) < 4.78 is 12.3. The minimum Gasteiger partial charge on any atom is -0.391 e. The summed E-state index contributed by atoms with van der Waals surface area (Å²) in [6.07, 6.45) is -0.934. The van der Waals surface area contributed by atoms with Gasteiger partial charge in [-0.25, -0.2) is 0 Å². The van der Waals surface area contributed by atoms with Gasteiger partial charge in [-0.3, -0.25) is 4.57 Å². The molecular formula is C19H24Cl2NO3P. The Bertz CT molecular complexity index is 758. The average molecular weight is 416 g/mol. The highest BCUT2D eigenvalue weighted by Crippen LogP contribution is 2.44. The van der Waals surface area contributed by atoms with E-state index in [9.17, 15) is 14.6 Å². The van der Waals surface area contributed by atoms with Crippen molar-refractivity contribution in [1.82, 2.24) is 5.32 Å². The molecule has 2 rings (SSSR count). The number of aliphatic hydroxyl groups is 1. The molecule has 0 aliphatic carbocycles. The summed E-state index contributed by atoms with van der Waals surface area (Å²) in [7, 11) is -3.43. The Balaban J connectivity index is 1.78. The van der Waals surface area contributed by atoms with E-state index in [1.54, 1.807) is 6.07 Å². The minimum atomic E-state index is -3.43. The third kappa shape index (κ3) is 7.03. The molecule has 2 unspecified atom stereocenters. The van der Waals surface area contributed by atoms with Crippen molar-refractivity contribution in [2.24, 2.45) is 0 Å². The Morgan fingerprint density at radius 2 is 1.77 bits per heavy atom. The van der Waals surface area contributed by atoms with Crippen molar-refractivity contribution in [3.63, 3.8) is 0 Å². The second-order valence-corrected chi connectivity index (χ2v) is 9.75. The van der Waals surface area contributed by atoms with E-state index in [0.29, 0.717) is 16.6 Å². The van der Waals surface area contributed by atoms with Gasteiger partial charge in [0.25, 0.3) is 0 Å². The topological polar surface area (TPSA) is 69.6 Å². The molecule has 0 heterocycles. The SMILES string of the molecule is CC(CNC[C@@H](O)CP(=O)(O)Cc1ccccc1)c1ccc(Cl)c(Cl)c1. The quantitative estimate of drug-likeness (QED) is 0.526. The number of hydrogen-bond donors (Lipinski definition) is 3. The van der Waals surface area contributed by atoms with Crippen LogP contribution in [-0.4, -0.2) is 35.4 Å². The molecule has 3 N–H and O–H groups in total. The highest BCUT2D eigenvalue weighted by atomic mass is 35.5. The Labute approximate surface area is 164 Å². The normalized spacial score (nSPS) is 16.0. The summed E-state index contributed by atoms with van der Waals surface area (Å²) in [4.78, 5) is 10.1. The summed E-state index contributed by atoms with van der Waals surface area (Å²) in [5.74, 6) is 0.169. The van der Waals surface area contributed by atoms with Gasteiger partial charge in [-0.2, -0.15) is 0 Å². The first-order valence-corrected chi connectivity index (χ1v) is 11.2. The van der Waals surface area contributed by atoms with Crippen molar-refractivity contribution in [3.8, 4) is 0 Å². The van der Waals surface area contributed by atoms with Crippen LogP contribution in [0.25, 0.3) is 0 Å². The number of halogens is 2. The molecule has 2 aromatic rings. The van der Waals surface area contributed by atoms with E-state index in [4.69, 9.17) is 23.2 Å². The van der Waals surface area contributed by atoms with Crippen LogP contribution in [-0.2, 0) is 10.7 Å². The molecule has 26 heavy (non-hydrogen) atoms. The van der Waals surface area contributed by atoms with Crippen LogP contribution >= 0.6 is 30.6 Å². The van der Waals surface area contributed by atoms with Crippen molar-refractivity contribution < 1.29 is 14.6 Å². The average Bonchev–Trinajstić information content (AvgIpc) is 2.57. The summed E-state index contributed by atoms with van der Waals surface area (Å²) in [5, 5.41) is 14.3. The number of nitrogens with one attached hydrogen (secondary N) is 1. The molecule has 142 valence electrons. The molecule has 0 saturated carbocycles. The van der Waals surface area contributed by atoms with E-state index >= 15 is 0 Å². The summed E-state index contributed by atoms with van der Waals surface area (Å²) in [6.45, 7) is 2.90. The van der Waals surface area contributed by atoms with E-state index < -0.39 is 13.5 Å². The summed E-state index contributed by atoms with van der Waals surface area (Å²) in [6, 6.07) is 14.7. The van der Waals surface area contributed by atoms with Gasteiger partial charge in [0.05, 0.1) is 22.3 Å². The standard InChI is InChI=1S/C19H24Cl2NO3P/c1-14(16-7-8-18(20)19(21)9-16)10-22-11-17(23)13-26(24,25)12-15-5-3-2-4-6-15/h2-9,14,17,22-23H,10-13H2,1H3,(H,24,25)/t14?,17-/m1/s1. The van der Waals surface area contributed by atoms with E-state index in [1.165, 1.54) is 0 Å². The fraction of sp³-hybridized carbons (Fsp3) is 0.368. The lowest BCUT2D eigenvalue weighted by Crippen LogP contribution is -2.32. The third-order valence-electron chi connectivity index (χ3n) is 4.11. The number of aliphatic hydroxyl groups excluding tert-OH is 1. The zero-order valence-corrected chi connectivity index (χ0v) is 17.0. The van der Waals surface area contributed by atoms with E-state index in [2.05, 4.69) is 5.32 Å². The van der Waals surface area contributed by atoms with Crippen LogP contribution < -0.4 is 5.32 Å². The first-order valence-electron chi connectivity index (χ1n) is 8.45. The number of benzene rings is 2. The lowest BCUT2D eigenvalue weighted by Gasteiger charge is -2.19. The smallest absolute Gasteiger partial charge is 0.207 e. The van der Waals surface area contributed by atoms with Crippen molar-refractivity contribution in [1.29, 1.82) is 0 Å². The molecule has 0 fully saturated rings. The van der Waals surface area contributed by atoms with E-state index in [-0.39, 0.29) is 24.8 Å². The van der Waals surface area contributed by atoms with Crippen LogP contribution in [0.2, 0.25) is 10.0 Å². The number of hydrogen-bond acceptors (Lipinski definition) is 3. The lowest BCUT2D eigenvalue weighted by molar-refractivity contribution is 0.190. The van der Waals surface area contributed by atoms with Crippen LogP contribution in [0.3, 0.4) is 0 Å². The molecule has 0 aliphatic rings. The van der Waals surface area contributed by atoms with Gasteiger partial charge in [-0.15, -0.1) is 0 Å². The second-order valence-electron chi connectivity index (χ2n) is 6.56. The van der Waals surface area contributed by atoms with Gasteiger partial charge < -0.3 is 15.3 Å². The molecule has 3 atom stereocenters. The van der Waals surface area contributed by atoms with E-state index in [0.717, 1.165) is 11.1 Å². The van der Waals surface area contributed by atoms with Crippen molar-refractivity contribution in [3.05, 3.63) is 69.7 Å². The molecule has 0 aliphatic heterocycles. The maximum Gasteiger partial charge on any atom is 0.207 e. The maximum atomic E-state index is 12.3. The molecule has 7 heteroatoms. The first-order chi connectivity index (χ1) is 12.3. The van der Waals surface area contributed by atoms with Crippen molar-refractivity contribution >= 4 is 30.6 Å². The largest absolute Gasteiger partial charge is 0.391 e. The van der Waals surface area contributed by atoms with Gasteiger partial charge in [0.15, 0.2) is 0 Å². The monoisotopic (exact) mass is 415 g/mol. The van der Waals surface area contributed by atoms with E-state index in [1.807, 2.05) is 49.4 Å². The maximum absolute atomic E-state index is 12.3. The van der Waals surface area contributed by atoms with Gasteiger partial charge >= 0.3 is 0 Å². The zero-order chi connectivity index (χ0) is 19.2. The van der Waals surface area contributed by atoms with Gasteiger partial charge in [0.2, 0.25) is 7.37 Å². The Morgan fingerprint density at radius 1 is 1.08 bits per heavy atom. The van der Waals surface area contributed by atoms with Gasteiger partial charge in [0.1, 0.15) is 0 Å². The fourth-order valence-electron chi connectivity index (χ4n) is 2.73. The Morgan fingerprint density at radius 3 is 2.42 bits per heavy atom. The molecular weight excluding hydrogens is 392 g/mol. The summed E-state index contributed by atoms with van der Waals surface area (Å²) in [5.41, 5.74) is 1.84. The van der Waals surface area contributed by atoms with Crippen LogP contribution in [0.15, 0.2) is 48.5 Å². The first kappa shape index (κ1) is 21.4. The van der Waals surface area contributed by atoms with Gasteiger partial charge in [0, 0.05) is 19.3 Å². The Kier molecular flexibility index (Phi) is 8.15. The predicted molar refractivity (Wildman–Crippen MR) is 109 cm³/mol. The van der Waals surface area contributed by atoms with Crippen LogP contribution in [0.5, 0.6) is 0 Å². The lowest BCUT2D eigenvalue weighted by atomic mass is 10.0. The van der Waals surface area contributed by atoms with Crippen LogP contribution in [0.1, 0.15) is 24.0 Å².